The monoisotopic (exact) mass is 243 g/mol. The lowest BCUT2D eigenvalue weighted by Crippen LogP contribution is -2.05. The van der Waals surface area contributed by atoms with Gasteiger partial charge in [0, 0.05) is 21.6 Å². The molecule has 0 unspecified atom stereocenters. The number of aromatic amines is 1. The molecule has 84 valence electrons. The summed E-state index contributed by atoms with van der Waals surface area (Å²) in [4.78, 5) is 2.78. The number of aryl methyl sites for hydroxylation is 1. The van der Waals surface area contributed by atoms with Gasteiger partial charge in [-0.2, -0.15) is 13.2 Å². The predicted octanol–water partition coefficient (Wildman–Crippen LogP) is 4.22. The molecule has 0 amide bonds. The number of nitrogens with one attached hydrogen (secondary N) is 1. The molecule has 0 saturated carbocycles. The average molecular weight is 243 g/mol. The van der Waals surface area contributed by atoms with Gasteiger partial charge in [0.2, 0.25) is 0 Å². The lowest BCUT2D eigenvalue weighted by atomic mass is 10.1. The Bertz CT molecular complexity index is 598. The van der Waals surface area contributed by atoms with Crippen LogP contribution in [-0.2, 0) is 6.18 Å². The molecule has 1 aromatic heterocycles. The second-order valence-corrected chi connectivity index (χ2v) is 4.00. The highest BCUT2D eigenvalue weighted by Crippen LogP contribution is 2.32. The third-order valence-electron chi connectivity index (χ3n) is 2.38. The van der Waals surface area contributed by atoms with E-state index in [0.29, 0.717) is 21.0 Å². The summed E-state index contributed by atoms with van der Waals surface area (Å²) in [6.07, 6.45) is -2.78. The molecule has 0 saturated heterocycles. The lowest BCUT2D eigenvalue weighted by Gasteiger charge is -2.10. The maximum atomic E-state index is 12.6. The van der Waals surface area contributed by atoms with Crippen LogP contribution in [0.5, 0.6) is 0 Å². The van der Waals surface area contributed by atoms with Crippen LogP contribution in [0.25, 0.3) is 10.9 Å². The van der Waals surface area contributed by atoms with E-state index in [1.165, 1.54) is 0 Å². The molecule has 0 bridgehead atoms. The summed E-state index contributed by atoms with van der Waals surface area (Å²) in [6, 6.07) is 3.86. The first-order valence-corrected chi connectivity index (χ1v) is 4.99. The fourth-order valence-corrected chi connectivity index (χ4v) is 2.02. The molecular weight excluding hydrogens is 235 g/mol. The van der Waals surface area contributed by atoms with Crippen molar-refractivity contribution in [3.63, 3.8) is 0 Å². The fourth-order valence-electron chi connectivity index (χ4n) is 1.68. The number of halogens is 3. The minimum atomic E-state index is -4.33. The molecule has 16 heavy (non-hydrogen) atoms. The third kappa shape index (κ3) is 1.82. The van der Waals surface area contributed by atoms with Crippen LogP contribution in [0.15, 0.2) is 24.4 Å². The zero-order valence-corrected chi connectivity index (χ0v) is 9.17. The maximum absolute atomic E-state index is 12.6. The van der Waals surface area contributed by atoms with Gasteiger partial charge in [0.15, 0.2) is 0 Å². The highest BCUT2D eigenvalue weighted by atomic mass is 32.1. The number of hydrogen-bond acceptors (Lipinski definition) is 1. The van der Waals surface area contributed by atoms with E-state index in [2.05, 4.69) is 4.98 Å². The van der Waals surface area contributed by atoms with Crippen molar-refractivity contribution in [3.05, 3.63) is 40.0 Å². The van der Waals surface area contributed by atoms with E-state index in [9.17, 15) is 13.2 Å². The highest BCUT2D eigenvalue weighted by Gasteiger charge is 2.31. The number of fused-ring (bicyclic) bond motifs is 1. The van der Waals surface area contributed by atoms with Gasteiger partial charge < -0.3 is 4.98 Å². The van der Waals surface area contributed by atoms with E-state index >= 15 is 0 Å². The van der Waals surface area contributed by atoms with E-state index in [0.717, 1.165) is 12.1 Å². The van der Waals surface area contributed by atoms with Gasteiger partial charge in [0.1, 0.15) is 0 Å². The van der Waals surface area contributed by atoms with Crippen molar-refractivity contribution in [3.8, 4) is 0 Å². The van der Waals surface area contributed by atoms with Gasteiger partial charge in [-0.3, -0.25) is 0 Å². The SMILES string of the molecule is Cc1cc(C(F)(F)F)cc2[nH]ccc(=S)c12. The summed E-state index contributed by atoms with van der Waals surface area (Å²) in [7, 11) is 0. The molecule has 1 nitrogen and oxygen atoms in total. The number of aromatic nitrogens is 1. The van der Waals surface area contributed by atoms with Gasteiger partial charge >= 0.3 is 6.18 Å². The van der Waals surface area contributed by atoms with Crippen LogP contribution in [0.1, 0.15) is 11.1 Å². The van der Waals surface area contributed by atoms with Crippen LogP contribution in [0.3, 0.4) is 0 Å². The van der Waals surface area contributed by atoms with Crippen LogP contribution in [-0.4, -0.2) is 4.98 Å². The largest absolute Gasteiger partial charge is 0.416 e. The molecule has 0 aliphatic heterocycles. The first-order valence-electron chi connectivity index (χ1n) is 4.59. The van der Waals surface area contributed by atoms with Crippen molar-refractivity contribution in [2.24, 2.45) is 0 Å². The molecule has 0 aliphatic carbocycles. The average Bonchev–Trinajstić information content (AvgIpc) is 2.15. The van der Waals surface area contributed by atoms with Gasteiger partial charge in [-0.15, -0.1) is 0 Å². The van der Waals surface area contributed by atoms with E-state index in [4.69, 9.17) is 12.2 Å². The number of rotatable bonds is 0. The predicted molar refractivity (Wildman–Crippen MR) is 58.9 cm³/mol. The zero-order valence-electron chi connectivity index (χ0n) is 8.35. The Balaban J connectivity index is 2.84. The van der Waals surface area contributed by atoms with Crippen molar-refractivity contribution in [2.45, 2.75) is 13.1 Å². The van der Waals surface area contributed by atoms with Crippen molar-refractivity contribution in [2.75, 3.05) is 0 Å². The Kier molecular flexibility index (Phi) is 2.50. The molecule has 0 fully saturated rings. The fraction of sp³-hybridized carbons (Fsp3) is 0.182. The smallest absolute Gasteiger partial charge is 0.361 e. The van der Waals surface area contributed by atoms with Crippen LogP contribution in [0.2, 0.25) is 0 Å². The Hall–Kier alpha value is -1.36. The zero-order chi connectivity index (χ0) is 11.9. The Morgan fingerprint density at radius 2 is 1.94 bits per heavy atom. The lowest BCUT2D eigenvalue weighted by molar-refractivity contribution is -0.137. The van der Waals surface area contributed by atoms with Crippen molar-refractivity contribution >= 4 is 23.1 Å². The first-order chi connectivity index (χ1) is 7.39. The van der Waals surface area contributed by atoms with Crippen LogP contribution < -0.4 is 0 Å². The molecule has 0 spiro atoms. The number of H-pyrrole nitrogens is 1. The van der Waals surface area contributed by atoms with Crippen LogP contribution >= 0.6 is 12.2 Å². The summed E-state index contributed by atoms with van der Waals surface area (Å²) in [6.45, 7) is 1.63. The molecule has 1 aromatic carbocycles. The summed E-state index contributed by atoms with van der Waals surface area (Å²) >= 11 is 5.08. The first kappa shape index (κ1) is 11.1. The van der Waals surface area contributed by atoms with Crippen molar-refractivity contribution < 1.29 is 13.2 Å². The maximum Gasteiger partial charge on any atom is 0.416 e. The summed E-state index contributed by atoms with van der Waals surface area (Å²) < 4.78 is 38.2. The number of benzene rings is 1. The highest BCUT2D eigenvalue weighted by molar-refractivity contribution is 7.71. The summed E-state index contributed by atoms with van der Waals surface area (Å²) in [5.74, 6) is 0. The molecule has 1 heterocycles. The molecule has 0 radical (unpaired) electrons. The molecule has 0 aliphatic rings. The van der Waals surface area contributed by atoms with Crippen LogP contribution in [0.4, 0.5) is 13.2 Å². The third-order valence-corrected chi connectivity index (χ3v) is 2.72. The summed E-state index contributed by atoms with van der Waals surface area (Å²) in [5, 5.41) is 0.672. The minimum Gasteiger partial charge on any atom is -0.361 e. The Morgan fingerprint density at radius 1 is 1.25 bits per heavy atom. The second kappa shape index (κ2) is 3.59. The number of alkyl halides is 3. The topological polar surface area (TPSA) is 15.8 Å². The molecule has 1 N–H and O–H groups in total. The van der Waals surface area contributed by atoms with Gasteiger partial charge in [0.25, 0.3) is 0 Å². The van der Waals surface area contributed by atoms with E-state index < -0.39 is 11.7 Å². The van der Waals surface area contributed by atoms with Crippen molar-refractivity contribution in [1.82, 2.24) is 4.98 Å². The molecule has 5 heteroatoms. The number of pyridine rings is 1. The normalized spacial score (nSPS) is 12.0. The molecule has 0 atom stereocenters. The van der Waals surface area contributed by atoms with Gasteiger partial charge in [0.05, 0.1) is 5.56 Å². The second-order valence-electron chi connectivity index (χ2n) is 3.56. The molecule has 2 aromatic rings. The quantitative estimate of drug-likeness (QED) is 0.685. The van der Waals surface area contributed by atoms with Crippen molar-refractivity contribution in [1.29, 1.82) is 0 Å². The minimum absolute atomic E-state index is 0.417. The van der Waals surface area contributed by atoms with Gasteiger partial charge in [-0.25, -0.2) is 0 Å². The summed E-state index contributed by atoms with van der Waals surface area (Å²) in [5.41, 5.74) is 0.292. The standard InChI is InChI=1S/C11H8F3NS/c1-6-4-7(11(12,13)14)5-8-10(6)9(16)2-3-15-8/h2-5H,1H3,(H,15,16). The molecule has 2 rings (SSSR count). The van der Waals surface area contributed by atoms with Gasteiger partial charge in [-0.1, -0.05) is 12.2 Å². The van der Waals surface area contributed by atoms with Gasteiger partial charge in [-0.05, 0) is 30.7 Å². The van der Waals surface area contributed by atoms with Crippen LogP contribution in [0, 0.1) is 11.4 Å². The van der Waals surface area contributed by atoms with E-state index in [-0.39, 0.29) is 0 Å². The van der Waals surface area contributed by atoms with E-state index in [1.807, 2.05) is 0 Å². The Morgan fingerprint density at radius 3 is 2.56 bits per heavy atom. The number of hydrogen-bond donors (Lipinski definition) is 1. The van der Waals surface area contributed by atoms with E-state index in [1.54, 1.807) is 19.2 Å². The molecular formula is C11H8F3NS. The Labute approximate surface area is 94.9 Å².